The summed E-state index contributed by atoms with van der Waals surface area (Å²) in [6.45, 7) is 7.96. The second kappa shape index (κ2) is 5.15. The highest BCUT2D eigenvalue weighted by molar-refractivity contribution is 6.16. The molecule has 0 radical (unpaired) electrons. The Morgan fingerprint density at radius 2 is 2.10 bits per heavy atom. The van der Waals surface area contributed by atoms with E-state index in [0.717, 1.165) is 39.6 Å². The van der Waals surface area contributed by atoms with Gasteiger partial charge in [0.05, 0.1) is 17.6 Å². The van der Waals surface area contributed by atoms with Crippen molar-refractivity contribution in [1.82, 2.24) is 19.7 Å². The van der Waals surface area contributed by atoms with E-state index in [9.17, 15) is 0 Å². The van der Waals surface area contributed by atoms with Gasteiger partial charge in [-0.15, -0.1) is 11.6 Å². The minimum absolute atomic E-state index is 0.0187. The fraction of sp³-hybridized carbons (Fsp3) is 0.400. The first-order chi connectivity index (χ1) is 10.0. The van der Waals surface area contributed by atoms with E-state index in [1.54, 1.807) is 0 Å². The second-order valence-electron chi connectivity index (χ2n) is 5.30. The summed E-state index contributed by atoms with van der Waals surface area (Å²) >= 11 is 6.08. The molecule has 0 saturated carbocycles. The zero-order valence-corrected chi connectivity index (χ0v) is 13.3. The molecule has 0 amide bonds. The Bertz CT molecular complexity index is 786. The minimum Gasteiger partial charge on any atom is -0.361 e. The van der Waals surface area contributed by atoms with Crippen LogP contribution in [0.4, 0.5) is 0 Å². The Hall–Kier alpha value is -1.88. The van der Waals surface area contributed by atoms with Crippen LogP contribution in [0.1, 0.15) is 41.4 Å². The molecule has 0 aliphatic rings. The third kappa shape index (κ3) is 2.21. The van der Waals surface area contributed by atoms with Gasteiger partial charge >= 0.3 is 0 Å². The Morgan fingerprint density at radius 1 is 1.33 bits per heavy atom. The van der Waals surface area contributed by atoms with Crippen molar-refractivity contribution in [1.29, 1.82) is 0 Å². The molecule has 5 nitrogen and oxygen atoms in total. The third-order valence-corrected chi connectivity index (χ3v) is 3.99. The van der Waals surface area contributed by atoms with Crippen LogP contribution in [0.3, 0.4) is 0 Å². The van der Waals surface area contributed by atoms with Gasteiger partial charge in [-0.25, -0.2) is 9.97 Å². The summed E-state index contributed by atoms with van der Waals surface area (Å²) in [7, 11) is 0. The Morgan fingerprint density at radius 3 is 2.71 bits per heavy atom. The number of nitrogens with zero attached hydrogens (tertiary/aromatic N) is 4. The van der Waals surface area contributed by atoms with E-state index in [0.29, 0.717) is 5.88 Å². The minimum atomic E-state index is 0.0187. The van der Waals surface area contributed by atoms with Crippen molar-refractivity contribution in [3.05, 3.63) is 40.7 Å². The number of halogens is 1. The van der Waals surface area contributed by atoms with Gasteiger partial charge in [-0.3, -0.25) is 0 Å². The Kier molecular flexibility index (Phi) is 3.45. The summed E-state index contributed by atoms with van der Waals surface area (Å²) in [4.78, 5) is 9.13. The molecule has 6 heteroatoms. The van der Waals surface area contributed by atoms with E-state index in [1.165, 1.54) is 0 Å². The lowest BCUT2D eigenvalue weighted by molar-refractivity contribution is 0.391. The second-order valence-corrected chi connectivity index (χ2v) is 5.57. The molecule has 0 N–H and O–H groups in total. The molecular formula is C15H17ClN4O. The molecule has 3 aromatic rings. The van der Waals surface area contributed by atoms with E-state index < -0.39 is 0 Å². The van der Waals surface area contributed by atoms with Gasteiger partial charge in [-0.05, 0) is 39.3 Å². The van der Waals surface area contributed by atoms with Crippen LogP contribution in [-0.2, 0) is 5.88 Å². The van der Waals surface area contributed by atoms with Crippen LogP contribution in [0.15, 0.2) is 16.8 Å². The SMILES string of the molecule is Cc1cnc2c(c1)nc(CCl)n2C(C)c1c(C)noc1C. The van der Waals surface area contributed by atoms with E-state index in [-0.39, 0.29) is 6.04 Å². The maximum Gasteiger partial charge on any atom is 0.160 e. The molecule has 0 fully saturated rings. The number of rotatable bonds is 3. The standard InChI is InChI=1S/C15H17ClN4O/c1-8-5-12-15(17-7-8)20(13(6-16)18-12)10(3)14-9(2)19-21-11(14)4/h5,7,10H,6H2,1-4H3. The Labute approximate surface area is 127 Å². The van der Waals surface area contributed by atoms with Crippen molar-refractivity contribution < 1.29 is 4.52 Å². The molecule has 0 aliphatic heterocycles. The lowest BCUT2D eigenvalue weighted by atomic mass is 10.1. The van der Waals surface area contributed by atoms with Crippen LogP contribution in [0.5, 0.6) is 0 Å². The summed E-state index contributed by atoms with van der Waals surface area (Å²) in [5, 5.41) is 4.03. The largest absolute Gasteiger partial charge is 0.361 e. The van der Waals surface area contributed by atoms with E-state index in [1.807, 2.05) is 33.0 Å². The molecule has 110 valence electrons. The van der Waals surface area contributed by atoms with Crippen molar-refractivity contribution >= 4 is 22.8 Å². The molecule has 21 heavy (non-hydrogen) atoms. The normalized spacial score (nSPS) is 13.0. The third-order valence-electron chi connectivity index (χ3n) is 3.75. The van der Waals surface area contributed by atoms with Crippen molar-refractivity contribution in [2.75, 3.05) is 0 Å². The number of hydrogen-bond donors (Lipinski definition) is 0. The highest BCUT2D eigenvalue weighted by Gasteiger charge is 2.23. The lowest BCUT2D eigenvalue weighted by Gasteiger charge is -2.16. The van der Waals surface area contributed by atoms with Gasteiger partial charge in [0.25, 0.3) is 0 Å². The Balaban J connectivity index is 2.23. The molecule has 0 saturated heterocycles. The van der Waals surface area contributed by atoms with Crippen LogP contribution < -0.4 is 0 Å². The van der Waals surface area contributed by atoms with E-state index >= 15 is 0 Å². The van der Waals surface area contributed by atoms with Gasteiger partial charge in [0.1, 0.15) is 17.1 Å². The molecule has 3 aromatic heterocycles. The van der Waals surface area contributed by atoms with Gasteiger partial charge in [0.2, 0.25) is 0 Å². The number of imidazole rings is 1. The molecule has 0 spiro atoms. The first-order valence-corrected chi connectivity index (χ1v) is 7.38. The number of alkyl halides is 1. The van der Waals surface area contributed by atoms with Crippen molar-refractivity contribution in [3.8, 4) is 0 Å². The van der Waals surface area contributed by atoms with Crippen molar-refractivity contribution in [2.45, 2.75) is 39.6 Å². The number of hydrogen-bond acceptors (Lipinski definition) is 4. The number of pyridine rings is 1. The van der Waals surface area contributed by atoms with Gasteiger partial charge in [-0.1, -0.05) is 5.16 Å². The fourth-order valence-electron chi connectivity index (χ4n) is 2.85. The number of aromatic nitrogens is 4. The molecular weight excluding hydrogens is 288 g/mol. The van der Waals surface area contributed by atoms with E-state index in [4.69, 9.17) is 16.1 Å². The van der Waals surface area contributed by atoms with Crippen LogP contribution >= 0.6 is 11.6 Å². The molecule has 0 bridgehead atoms. The first-order valence-electron chi connectivity index (χ1n) is 6.85. The molecule has 3 heterocycles. The smallest absolute Gasteiger partial charge is 0.160 e. The zero-order chi connectivity index (χ0) is 15.1. The fourth-order valence-corrected chi connectivity index (χ4v) is 3.03. The lowest BCUT2D eigenvalue weighted by Crippen LogP contribution is -2.12. The summed E-state index contributed by atoms with van der Waals surface area (Å²) in [6.07, 6.45) is 1.85. The molecule has 3 rings (SSSR count). The average Bonchev–Trinajstić information content (AvgIpc) is 2.98. The van der Waals surface area contributed by atoms with Gasteiger partial charge < -0.3 is 9.09 Å². The topological polar surface area (TPSA) is 56.7 Å². The van der Waals surface area contributed by atoms with Gasteiger partial charge in [-0.2, -0.15) is 0 Å². The van der Waals surface area contributed by atoms with E-state index in [2.05, 4.69) is 26.6 Å². The maximum atomic E-state index is 6.08. The highest BCUT2D eigenvalue weighted by atomic mass is 35.5. The number of fused-ring (bicyclic) bond motifs is 1. The molecule has 1 unspecified atom stereocenters. The molecule has 1 atom stereocenters. The zero-order valence-electron chi connectivity index (χ0n) is 12.5. The van der Waals surface area contributed by atoms with Crippen LogP contribution in [0, 0.1) is 20.8 Å². The highest BCUT2D eigenvalue weighted by Crippen LogP contribution is 2.29. The van der Waals surface area contributed by atoms with Crippen molar-refractivity contribution in [3.63, 3.8) is 0 Å². The van der Waals surface area contributed by atoms with Gasteiger partial charge in [0.15, 0.2) is 5.65 Å². The quantitative estimate of drug-likeness (QED) is 0.692. The summed E-state index contributed by atoms with van der Waals surface area (Å²) in [5.74, 6) is 1.95. The molecule has 0 aliphatic carbocycles. The average molecular weight is 305 g/mol. The first kappa shape index (κ1) is 14.1. The predicted octanol–water partition coefficient (Wildman–Crippen LogP) is 3.69. The molecule has 0 aromatic carbocycles. The van der Waals surface area contributed by atoms with Crippen LogP contribution in [-0.4, -0.2) is 19.7 Å². The summed E-state index contributed by atoms with van der Waals surface area (Å²) in [5.41, 5.74) is 4.73. The monoisotopic (exact) mass is 304 g/mol. The van der Waals surface area contributed by atoms with Crippen LogP contribution in [0.2, 0.25) is 0 Å². The summed E-state index contributed by atoms with van der Waals surface area (Å²) < 4.78 is 7.35. The number of aryl methyl sites for hydroxylation is 3. The summed E-state index contributed by atoms with van der Waals surface area (Å²) in [6, 6.07) is 2.04. The van der Waals surface area contributed by atoms with Crippen LogP contribution in [0.25, 0.3) is 11.2 Å². The predicted molar refractivity (Wildman–Crippen MR) is 81.6 cm³/mol. The van der Waals surface area contributed by atoms with Crippen molar-refractivity contribution in [2.24, 2.45) is 0 Å². The maximum absolute atomic E-state index is 6.08. The van der Waals surface area contributed by atoms with Gasteiger partial charge in [0, 0.05) is 11.8 Å².